The molecule has 0 saturated heterocycles. The summed E-state index contributed by atoms with van der Waals surface area (Å²) in [5, 5.41) is 3.88. The van der Waals surface area contributed by atoms with Gasteiger partial charge in [-0.25, -0.2) is 4.79 Å². The molecule has 3 aromatic carbocycles. The number of ether oxygens (including phenoxy) is 1. The minimum absolute atomic E-state index is 0.0289. The Morgan fingerprint density at radius 1 is 0.938 bits per heavy atom. The van der Waals surface area contributed by atoms with Crippen LogP contribution in [0.4, 0.5) is 0 Å². The van der Waals surface area contributed by atoms with Crippen LogP contribution in [0.1, 0.15) is 16.7 Å². The van der Waals surface area contributed by atoms with Gasteiger partial charge in [-0.05, 0) is 42.8 Å². The first kappa shape index (κ1) is 21.3. The SMILES string of the molecule is COc1cc(/C=C2\C(=O)ON=C2c2ccccc2)ccc1OS(=O)(=O)c1ccc(C)cc1. The first-order chi connectivity index (χ1) is 15.4. The van der Waals surface area contributed by atoms with E-state index in [-0.39, 0.29) is 22.0 Å². The topological polar surface area (TPSA) is 91.3 Å². The fourth-order valence-corrected chi connectivity index (χ4v) is 4.03. The standard InChI is InChI=1S/C24H19NO6S/c1-16-8-11-19(12-9-16)32(27,28)31-21-13-10-17(15-22(21)29-2)14-20-23(25-30-24(20)26)18-6-4-3-5-7-18/h3-15H,1-2H3/b20-14-. The fourth-order valence-electron chi connectivity index (χ4n) is 3.09. The van der Waals surface area contributed by atoms with E-state index in [1.54, 1.807) is 30.3 Å². The summed E-state index contributed by atoms with van der Waals surface area (Å²) in [7, 11) is -2.64. The zero-order valence-electron chi connectivity index (χ0n) is 17.3. The molecule has 1 aliphatic heterocycles. The van der Waals surface area contributed by atoms with Gasteiger partial charge in [0.2, 0.25) is 0 Å². The van der Waals surface area contributed by atoms with Crippen molar-refractivity contribution in [2.75, 3.05) is 7.11 Å². The van der Waals surface area contributed by atoms with Gasteiger partial charge in [0.25, 0.3) is 0 Å². The molecule has 1 heterocycles. The molecule has 0 aromatic heterocycles. The maximum absolute atomic E-state index is 12.6. The average Bonchev–Trinajstić information content (AvgIpc) is 3.15. The summed E-state index contributed by atoms with van der Waals surface area (Å²) in [5.41, 5.74) is 2.94. The first-order valence-corrected chi connectivity index (χ1v) is 11.0. The lowest BCUT2D eigenvalue weighted by atomic mass is 10.0. The van der Waals surface area contributed by atoms with Crippen LogP contribution in [-0.4, -0.2) is 27.2 Å². The zero-order valence-corrected chi connectivity index (χ0v) is 18.1. The Morgan fingerprint density at radius 3 is 2.34 bits per heavy atom. The Balaban J connectivity index is 1.64. The minimum atomic E-state index is -4.04. The van der Waals surface area contributed by atoms with E-state index in [1.165, 1.54) is 25.3 Å². The minimum Gasteiger partial charge on any atom is -0.493 e. The second-order valence-corrected chi connectivity index (χ2v) is 8.55. The molecule has 32 heavy (non-hydrogen) atoms. The van der Waals surface area contributed by atoms with Crippen molar-refractivity contribution in [2.24, 2.45) is 5.16 Å². The molecule has 162 valence electrons. The van der Waals surface area contributed by atoms with Crippen LogP contribution in [0.5, 0.6) is 11.5 Å². The lowest BCUT2D eigenvalue weighted by molar-refractivity contribution is -0.136. The largest absolute Gasteiger partial charge is 0.493 e. The van der Waals surface area contributed by atoms with Gasteiger partial charge in [0.15, 0.2) is 11.5 Å². The Hall–Kier alpha value is -3.91. The van der Waals surface area contributed by atoms with E-state index in [1.807, 2.05) is 37.3 Å². The van der Waals surface area contributed by atoms with Crippen LogP contribution >= 0.6 is 0 Å². The van der Waals surface area contributed by atoms with Crippen molar-refractivity contribution in [1.82, 2.24) is 0 Å². The lowest BCUT2D eigenvalue weighted by Crippen LogP contribution is -2.10. The molecule has 0 aliphatic carbocycles. The smallest absolute Gasteiger partial charge is 0.368 e. The Labute approximate surface area is 185 Å². The molecule has 0 bridgehead atoms. The number of oxime groups is 1. The van der Waals surface area contributed by atoms with Crippen molar-refractivity contribution in [2.45, 2.75) is 11.8 Å². The maximum Gasteiger partial charge on any atom is 0.368 e. The molecular weight excluding hydrogens is 430 g/mol. The predicted molar refractivity (Wildman–Crippen MR) is 119 cm³/mol. The molecular formula is C24H19NO6S. The van der Waals surface area contributed by atoms with Crippen LogP contribution in [0.2, 0.25) is 0 Å². The molecule has 0 radical (unpaired) electrons. The van der Waals surface area contributed by atoms with E-state index >= 15 is 0 Å². The first-order valence-electron chi connectivity index (χ1n) is 9.63. The second kappa shape index (κ2) is 8.68. The summed E-state index contributed by atoms with van der Waals surface area (Å²) >= 11 is 0. The highest BCUT2D eigenvalue weighted by Gasteiger charge is 2.27. The molecule has 0 spiro atoms. The Kier molecular flexibility index (Phi) is 5.79. The van der Waals surface area contributed by atoms with Crippen LogP contribution in [0.15, 0.2) is 88.4 Å². The second-order valence-electron chi connectivity index (χ2n) is 7.00. The lowest BCUT2D eigenvalue weighted by Gasteiger charge is -2.12. The molecule has 0 fully saturated rings. The third kappa shape index (κ3) is 4.40. The summed E-state index contributed by atoms with van der Waals surface area (Å²) < 4.78 is 35.9. The van der Waals surface area contributed by atoms with Crippen molar-refractivity contribution >= 4 is 27.9 Å². The highest BCUT2D eigenvalue weighted by atomic mass is 32.2. The Morgan fingerprint density at radius 2 is 1.66 bits per heavy atom. The zero-order chi connectivity index (χ0) is 22.7. The van der Waals surface area contributed by atoms with Gasteiger partial charge in [-0.1, -0.05) is 59.3 Å². The molecule has 0 N–H and O–H groups in total. The molecule has 3 aromatic rings. The molecule has 0 amide bonds. The van der Waals surface area contributed by atoms with Gasteiger partial charge >= 0.3 is 16.1 Å². The van der Waals surface area contributed by atoms with E-state index < -0.39 is 16.1 Å². The van der Waals surface area contributed by atoms with Gasteiger partial charge in [-0.3, -0.25) is 0 Å². The van der Waals surface area contributed by atoms with Crippen molar-refractivity contribution in [3.63, 3.8) is 0 Å². The predicted octanol–water partition coefficient (Wildman–Crippen LogP) is 4.12. The van der Waals surface area contributed by atoms with Crippen molar-refractivity contribution in [3.8, 4) is 11.5 Å². The molecule has 4 rings (SSSR count). The maximum atomic E-state index is 12.6. The number of carbonyl (C=O) groups excluding carboxylic acids is 1. The Bertz CT molecular complexity index is 1330. The number of methoxy groups -OCH3 is 1. The van der Waals surface area contributed by atoms with Gasteiger partial charge in [0, 0.05) is 5.56 Å². The number of aryl methyl sites for hydroxylation is 1. The van der Waals surface area contributed by atoms with Crippen LogP contribution < -0.4 is 8.92 Å². The number of rotatable bonds is 6. The van der Waals surface area contributed by atoms with E-state index in [0.29, 0.717) is 11.3 Å². The van der Waals surface area contributed by atoms with Crippen LogP contribution in [0.25, 0.3) is 6.08 Å². The average molecular weight is 449 g/mol. The van der Waals surface area contributed by atoms with Crippen LogP contribution in [0, 0.1) is 6.92 Å². The van der Waals surface area contributed by atoms with E-state index in [2.05, 4.69) is 5.16 Å². The van der Waals surface area contributed by atoms with Crippen LogP contribution in [0.3, 0.4) is 0 Å². The summed E-state index contributed by atoms with van der Waals surface area (Å²) in [4.78, 5) is 17.1. The van der Waals surface area contributed by atoms with Crippen LogP contribution in [-0.2, 0) is 19.8 Å². The third-order valence-corrected chi connectivity index (χ3v) is 6.00. The number of benzene rings is 3. The highest BCUT2D eigenvalue weighted by molar-refractivity contribution is 7.87. The van der Waals surface area contributed by atoms with Gasteiger partial charge in [0.1, 0.15) is 10.6 Å². The molecule has 0 unspecified atom stereocenters. The molecule has 0 saturated carbocycles. The number of nitrogens with zero attached hydrogens (tertiary/aromatic N) is 1. The van der Waals surface area contributed by atoms with Crippen molar-refractivity contribution < 1.29 is 27.0 Å². The van der Waals surface area contributed by atoms with Crippen molar-refractivity contribution in [1.29, 1.82) is 0 Å². The monoisotopic (exact) mass is 449 g/mol. The van der Waals surface area contributed by atoms with Gasteiger partial charge in [0.05, 0.1) is 12.7 Å². The third-order valence-electron chi connectivity index (χ3n) is 4.75. The van der Waals surface area contributed by atoms with E-state index in [9.17, 15) is 13.2 Å². The molecule has 8 heteroatoms. The normalized spacial score (nSPS) is 14.8. The number of hydrogen-bond acceptors (Lipinski definition) is 7. The van der Waals surface area contributed by atoms with Gasteiger partial charge in [-0.15, -0.1) is 0 Å². The van der Waals surface area contributed by atoms with E-state index in [0.717, 1.165) is 11.1 Å². The quantitative estimate of drug-likeness (QED) is 0.319. The fraction of sp³-hybridized carbons (Fsp3) is 0.0833. The van der Waals surface area contributed by atoms with Crippen molar-refractivity contribution in [3.05, 3.63) is 95.1 Å². The van der Waals surface area contributed by atoms with Gasteiger partial charge in [-0.2, -0.15) is 8.42 Å². The molecule has 7 nitrogen and oxygen atoms in total. The van der Waals surface area contributed by atoms with E-state index in [4.69, 9.17) is 13.8 Å². The summed E-state index contributed by atoms with van der Waals surface area (Å²) in [6.45, 7) is 1.86. The molecule has 0 atom stereocenters. The number of hydrogen-bond donors (Lipinski definition) is 0. The highest BCUT2D eigenvalue weighted by Crippen LogP contribution is 2.32. The summed E-state index contributed by atoms with van der Waals surface area (Å²) in [6.07, 6.45) is 1.60. The molecule has 1 aliphatic rings. The summed E-state index contributed by atoms with van der Waals surface area (Å²) in [5.74, 6) is -0.356. The van der Waals surface area contributed by atoms with Gasteiger partial charge < -0.3 is 13.8 Å². The summed E-state index contributed by atoms with van der Waals surface area (Å²) in [6, 6.07) is 20.2. The number of carbonyl (C=O) groups is 1.